The zero-order valence-corrected chi connectivity index (χ0v) is 11.8. The van der Waals surface area contributed by atoms with Crippen LogP contribution in [0.1, 0.15) is 16.8 Å². The third-order valence-electron chi connectivity index (χ3n) is 3.55. The summed E-state index contributed by atoms with van der Waals surface area (Å²) in [6.07, 6.45) is 0.981. The van der Waals surface area contributed by atoms with Gasteiger partial charge in [0.15, 0.2) is 0 Å². The fraction of sp³-hybridized carbons (Fsp3) is 0.333. The van der Waals surface area contributed by atoms with Crippen LogP contribution in [0.4, 0.5) is 11.6 Å². The molecule has 0 amide bonds. The lowest BCUT2D eigenvalue weighted by molar-refractivity contribution is 0.396. The smallest absolute Gasteiger partial charge is 0.229 e. The zero-order chi connectivity index (χ0) is 14.1. The SMILES string of the molecule is COc1cc(C)nc(N2CCc3ccc(N)cc3C2)n1. The lowest BCUT2D eigenvalue weighted by Crippen LogP contribution is -2.32. The van der Waals surface area contributed by atoms with Crippen molar-refractivity contribution in [3.63, 3.8) is 0 Å². The van der Waals surface area contributed by atoms with Gasteiger partial charge in [0.05, 0.1) is 7.11 Å². The van der Waals surface area contributed by atoms with E-state index in [1.54, 1.807) is 7.11 Å². The van der Waals surface area contributed by atoms with Crippen molar-refractivity contribution in [2.75, 3.05) is 24.3 Å². The quantitative estimate of drug-likeness (QED) is 0.845. The summed E-state index contributed by atoms with van der Waals surface area (Å²) >= 11 is 0. The van der Waals surface area contributed by atoms with Crippen LogP contribution >= 0.6 is 0 Å². The monoisotopic (exact) mass is 270 g/mol. The molecule has 0 aliphatic carbocycles. The highest BCUT2D eigenvalue weighted by Crippen LogP contribution is 2.25. The first-order valence-electron chi connectivity index (χ1n) is 6.67. The van der Waals surface area contributed by atoms with E-state index in [4.69, 9.17) is 10.5 Å². The van der Waals surface area contributed by atoms with E-state index in [1.165, 1.54) is 11.1 Å². The minimum atomic E-state index is 0.603. The molecular formula is C15H18N4O. The Hall–Kier alpha value is -2.30. The van der Waals surface area contributed by atoms with Crippen LogP contribution < -0.4 is 15.4 Å². The zero-order valence-electron chi connectivity index (χ0n) is 11.8. The standard InChI is InChI=1S/C15H18N4O/c1-10-7-14(20-2)18-15(17-10)19-6-5-11-3-4-13(16)8-12(11)9-19/h3-4,7-8H,5-6,9,16H2,1-2H3. The molecule has 0 spiro atoms. The Kier molecular flexibility index (Phi) is 3.18. The molecule has 2 aromatic rings. The first kappa shape index (κ1) is 12.7. The normalized spacial score (nSPS) is 14.0. The van der Waals surface area contributed by atoms with E-state index in [-0.39, 0.29) is 0 Å². The number of methoxy groups -OCH3 is 1. The molecule has 0 radical (unpaired) electrons. The molecular weight excluding hydrogens is 252 g/mol. The van der Waals surface area contributed by atoms with E-state index in [2.05, 4.69) is 20.9 Å². The van der Waals surface area contributed by atoms with Crippen LogP contribution in [0.3, 0.4) is 0 Å². The summed E-state index contributed by atoms with van der Waals surface area (Å²) in [4.78, 5) is 11.1. The maximum absolute atomic E-state index is 5.87. The lowest BCUT2D eigenvalue weighted by Gasteiger charge is -2.29. The number of nitrogens with two attached hydrogens (primary N) is 1. The van der Waals surface area contributed by atoms with Gasteiger partial charge in [0, 0.05) is 30.5 Å². The third kappa shape index (κ3) is 2.39. The van der Waals surface area contributed by atoms with Gasteiger partial charge in [0.25, 0.3) is 0 Å². The molecule has 3 rings (SSSR count). The molecule has 2 N–H and O–H groups in total. The molecule has 0 unspecified atom stereocenters. The van der Waals surface area contributed by atoms with Crippen LogP contribution in [0.5, 0.6) is 5.88 Å². The number of aryl methyl sites for hydroxylation is 1. The molecule has 104 valence electrons. The third-order valence-corrected chi connectivity index (χ3v) is 3.55. The van der Waals surface area contributed by atoms with Crippen molar-refractivity contribution in [1.29, 1.82) is 0 Å². The second-order valence-corrected chi connectivity index (χ2v) is 5.05. The van der Waals surface area contributed by atoms with Crippen LogP contribution in [0.2, 0.25) is 0 Å². The van der Waals surface area contributed by atoms with Gasteiger partial charge in [-0.25, -0.2) is 4.98 Å². The van der Waals surface area contributed by atoms with E-state index in [0.717, 1.165) is 36.8 Å². The molecule has 0 saturated heterocycles. The van der Waals surface area contributed by atoms with Gasteiger partial charge in [-0.1, -0.05) is 6.07 Å². The molecule has 0 bridgehead atoms. The van der Waals surface area contributed by atoms with Crippen molar-refractivity contribution in [2.24, 2.45) is 0 Å². The number of ether oxygens (including phenoxy) is 1. The first-order chi connectivity index (χ1) is 9.65. The number of aromatic nitrogens is 2. The molecule has 1 aromatic heterocycles. The van der Waals surface area contributed by atoms with Gasteiger partial charge in [0.2, 0.25) is 11.8 Å². The van der Waals surface area contributed by atoms with Gasteiger partial charge < -0.3 is 15.4 Å². The molecule has 2 heterocycles. The van der Waals surface area contributed by atoms with E-state index in [9.17, 15) is 0 Å². The van der Waals surface area contributed by atoms with Crippen LogP contribution in [-0.4, -0.2) is 23.6 Å². The van der Waals surface area contributed by atoms with Gasteiger partial charge >= 0.3 is 0 Å². The highest BCUT2D eigenvalue weighted by atomic mass is 16.5. The molecule has 5 heteroatoms. The van der Waals surface area contributed by atoms with Gasteiger partial charge in [0.1, 0.15) is 0 Å². The van der Waals surface area contributed by atoms with Crippen LogP contribution in [-0.2, 0) is 13.0 Å². The van der Waals surface area contributed by atoms with Gasteiger partial charge in [-0.3, -0.25) is 0 Å². The number of nitrogen functional groups attached to an aromatic ring is 1. The second kappa shape index (κ2) is 5.00. The van der Waals surface area contributed by atoms with Gasteiger partial charge in [-0.05, 0) is 36.6 Å². The van der Waals surface area contributed by atoms with Gasteiger partial charge in [-0.2, -0.15) is 4.98 Å². The Morgan fingerprint density at radius 1 is 1.20 bits per heavy atom. The number of hydrogen-bond donors (Lipinski definition) is 1. The minimum absolute atomic E-state index is 0.603. The van der Waals surface area contributed by atoms with Crippen LogP contribution in [0, 0.1) is 6.92 Å². The highest BCUT2D eigenvalue weighted by Gasteiger charge is 2.19. The van der Waals surface area contributed by atoms with Crippen molar-refractivity contribution in [2.45, 2.75) is 19.9 Å². The Labute approximate surface area is 118 Å². The average Bonchev–Trinajstić information content (AvgIpc) is 2.45. The van der Waals surface area contributed by atoms with E-state index < -0.39 is 0 Å². The maximum atomic E-state index is 5.87. The topological polar surface area (TPSA) is 64.3 Å². The molecule has 0 fully saturated rings. The van der Waals surface area contributed by atoms with E-state index >= 15 is 0 Å². The Bertz CT molecular complexity index is 642. The predicted octanol–water partition coefficient (Wildman–Crippen LogP) is 1.94. The second-order valence-electron chi connectivity index (χ2n) is 5.05. The number of benzene rings is 1. The number of hydrogen-bond acceptors (Lipinski definition) is 5. The predicted molar refractivity (Wildman–Crippen MR) is 78.9 cm³/mol. The fourth-order valence-electron chi connectivity index (χ4n) is 2.52. The number of rotatable bonds is 2. The van der Waals surface area contributed by atoms with Crippen molar-refractivity contribution in [1.82, 2.24) is 9.97 Å². The Morgan fingerprint density at radius 2 is 2.05 bits per heavy atom. The molecule has 0 saturated carbocycles. The molecule has 0 atom stereocenters. The minimum Gasteiger partial charge on any atom is -0.481 e. The lowest BCUT2D eigenvalue weighted by atomic mass is 9.99. The van der Waals surface area contributed by atoms with Gasteiger partial charge in [-0.15, -0.1) is 0 Å². The fourth-order valence-corrected chi connectivity index (χ4v) is 2.52. The summed E-state index contributed by atoms with van der Waals surface area (Å²) in [6, 6.07) is 7.94. The summed E-state index contributed by atoms with van der Waals surface area (Å²) in [7, 11) is 1.62. The molecule has 20 heavy (non-hydrogen) atoms. The van der Waals surface area contributed by atoms with Crippen molar-refractivity contribution in [3.8, 4) is 5.88 Å². The summed E-state index contributed by atoms with van der Waals surface area (Å²) in [5.74, 6) is 1.32. The highest BCUT2D eigenvalue weighted by molar-refractivity contribution is 5.49. The number of nitrogens with zero attached hydrogens (tertiary/aromatic N) is 3. The van der Waals surface area contributed by atoms with E-state index in [1.807, 2.05) is 25.1 Å². The average molecular weight is 270 g/mol. The number of fused-ring (bicyclic) bond motifs is 1. The largest absolute Gasteiger partial charge is 0.481 e. The summed E-state index contributed by atoms with van der Waals surface area (Å²) < 4.78 is 5.22. The van der Waals surface area contributed by atoms with Crippen molar-refractivity contribution >= 4 is 11.6 Å². The van der Waals surface area contributed by atoms with Crippen LogP contribution in [0.15, 0.2) is 24.3 Å². The maximum Gasteiger partial charge on any atom is 0.229 e. The van der Waals surface area contributed by atoms with Crippen LogP contribution in [0.25, 0.3) is 0 Å². The summed E-state index contributed by atoms with van der Waals surface area (Å²) in [6.45, 7) is 3.64. The Morgan fingerprint density at radius 3 is 2.85 bits per heavy atom. The summed E-state index contributed by atoms with van der Waals surface area (Å²) in [5, 5.41) is 0. The molecule has 1 aliphatic rings. The van der Waals surface area contributed by atoms with Crippen molar-refractivity contribution in [3.05, 3.63) is 41.1 Å². The number of anilines is 2. The first-order valence-corrected chi connectivity index (χ1v) is 6.67. The molecule has 5 nitrogen and oxygen atoms in total. The van der Waals surface area contributed by atoms with E-state index in [0.29, 0.717) is 5.88 Å². The molecule has 1 aliphatic heterocycles. The molecule has 1 aromatic carbocycles. The summed E-state index contributed by atoms with van der Waals surface area (Å²) in [5.41, 5.74) is 10.2. The van der Waals surface area contributed by atoms with Crippen molar-refractivity contribution < 1.29 is 4.74 Å². The Balaban J connectivity index is 1.91.